The first-order valence-electron chi connectivity index (χ1n) is 9.40. The number of nitrogens with one attached hydrogen (secondary N) is 2. The fourth-order valence-electron chi connectivity index (χ4n) is 2.53. The van der Waals surface area contributed by atoms with Gasteiger partial charge in [0.15, 0.2) is 5.96 Å². The number of rotatable bonds is 10. The number of methoxy groups -OCH3 is 1. The van der Waals surface area contributed by atoms with Crippen LogP contribution in [0.15, 0.2) is 53.7 Å². The third-order valence-electron chi connectivity index (χ3n) is 4.02. The molecule has 154 valence electrons. The Morgan fingerprint density at radius 2 is 1.96 bits per heavy atom. The number of halogens is 1. The molecule has 0 spiro atoms. The van der Waals surface area contributed by atoms with Crippen molar-refractivity contribution in [2.75, 3.05) is 26.8 Å². The van der Waals surface area contributed by atoms with Crippen molar-refractivity contribution in [2.45, 2.75) is 32.9 Å². The van der Waals surface area contributed by atoms with E-state index in [0.717, 1.165) is 31.0 Å². The number of hydrogen-bond donors (Lipinski definition) is 2. The van der Waals surface area contributed by atoms with E-state index in [0.29, 0.717) is 19.0 Å². The molecule has 6 nitrogen and oxygen atoms in total. The van der Waals surface area contributed by atoms with E-state index >= 15 is 0 Å². The molecule has 0 bridgehead atoms. The molecule has 7 heteroatoms. The number of hydrogen-bond acceptors (Lipinski definition) is 4. The Morgan fingerprint density at radius 3 is 2.68 bits per heavy atom. The molecule has 2 rings (SSSR count). The smallest absolute Gasteiger partial charge is 0.213 e. The molecule has 0 aliphatic heterocycles. The Kier molecular flexibility index (Phi) is 12.2. The van der Waals surface area contributed by atoms with E-state index in [1.54, 1.807) is 13.3 Å². The zero-order chi connectivity index (χ0) is 19.3. The van der Waals surface area contributed by atoms with Gasteiger partial charge in [0.25, 0.3) is 0 Å². The van der Waals surface area contributed by atoms with Gasteiger partial charge in [-0.25, -0.2) is 9.98 Å². The lowest BCUT2D eigenvalue weighted by molar-refractivity contribution is 0.0646. The zero-order valence-corrected chi connectivity index (χ0v) is 19.2. The van der Waals surface area contributed by atoms with Gasteiger partial charge in [0.1, 0.15) is 0 Å². The Balaban J connectivity index is 0.00000392. The molecule has 0 radical (unpaired) electrons. The number of nitrogens with zero attached hydrogens (tertiary/aromatic N) is 2. The van der Waals surface area contributed by atoms with Crippen molar-refractivity contribution < 1.29 is 9.47 Å². The summed E-state index contributed by atoms with van der Waals surface area (Å²) in [7, 11) is 1.61. The summed E-state index contributed by atoms with van der Waals surface area (Å²) in [5.41, 5.74) is 2.26. The van der Waals surface area contributed by atoms with Gasteiger partial charge >= 0.3 is 0 Å². The van der Waals surface area contributed by atoms with Crippen molar-refractivity contribution in [3.05, 3.63) is 59.8 Å². The van der Waals surface area contributed by atoms with Crippen LogP contribution in [-0.4, -0.2) is 37.7 Å². The molecule has 0 amide bonds. The van der Waals surface area contributed by atoms with E-state index in [-0.39, 0.29) is 30.1 Å². The first-order chi connectivity index (χ1) is 13.2. The molecule has 2 N–H and O–H groups in total. The minimum atomic E-state index is 0. The van der Waals surface area contributed by atoms with Crippen molar-refractivity contribution in [2.24, 2.45) is 4.99 Å². The molecule has 1 heterocycles. The summed E-state index contributed by atoms with van der Waals surface area (Å²) in [4.78, 5) is 8.72. The molecule has 2 aromatic rings. The summed E-state index contributed by atoms with van der Waals surface area (Å²) >= 11 is 0. The SMILES string of the molecule is CCNC(=NCc1ccnc(OC)c1)NCCCOC(C)c1ccccc1.I. The van der Waals surface area contributed by atoms with Crippen LogP contribution in [0.2, 0.25) is 0 Å². The molecule has 28 heavy (non-hydrogen) atoms. The van der Waals surface area contributed by atoms with Gasteiger partial charge in [-0.15, -0.1) is 24.0 Å². The minimum Gasteiger partial charge on any atom is -0.481 e. The molecule has 0 saturated carbocycles. The highest BCUT2D eigenvalue weighted by molar-refractivity contribution is 14.0. The molecular formula is C21H31IN4O2. The predicted molar refractivity (Wildman–Crippen MR) is 124 cm³/mol. The molecular weight excluding hydrogens is 467 g/mol. The maximum absolute atomic E-state index is 5.90. The maximum atomic E-state index is 5.90. The summed E-state index contributed by atoms with van der Waals surface area (Å²) in [5, 5.41) is 6.60. The fourth-order valence-corrected chi connectivity index (χ4v) is 2.53. The van der Waals surface area contributed by atoms with Crippen LogP contribution in [-0.2, 0) is 11.3 Å². The third-order valence-corrected chi connectivity index (χ3v) is 4.02. The molecule has 1 atom stereocenters. The van der Waals surface area contributed by atoms with Gasteiger partial charge in [0, 0.05) is 32.0 Å². The van der Waals surface area contributed by atoms with Gasteiger partial charge in [-0.05, 0) is 37.5 Å². The Labute approximate surface area is 185 Å². The normalized spacial score (nSPS) is 12.0. The average Bonchev–Trinajstić information content (AvgIpc) is 2.72. The van der Waals surface area contributed by atoms with E-state index in [2.05, 4.69) is 46.6 Å². The van der Waals surface area contributed by atoms with Crippen molar-refractivity contribution in [1.82, 2.24) is 15.6 Å². The predicted octanol–water partition coefficient (Wildman–Crippen LogP) is 3.93. The summed E-state index contributed by atoms with van der Waals surface area (Å²) in [6.07, 6.45) is 2.75. The van der Waals surface area contributed by atoms with Crippen LogP contribution in [0, 0.1) is 0 Å². The molecule has 0 fully saturated rings. The number of aromatic nitrogens is 1. The number of guanidine groups is 1. The Morgan fingerprint density at radius 1 is 1.18 bits per heavy atom. The van der Waals surface area contributed by atoms with Gasteiger partial charge in [-0.2, -0.15) is 0 Å². The quantitative estimate of drug-likeness (QED) is 0.225. The van der Waals surface area contributed by atoms with Gasteiger partial charge < -0.3 is 20.1 Å². The lowest BCUT2D eigenvalue weighted by Crippen LogP contribution is -2.38. The van der Waals surface area contributed by atoms with Crippen LogP contribution in [0.1, 0.15) is 37.5 Å². The van der Waals surface area contributed by atoms with E-state index in [1.165, 1.54) is 5.56 Å². The monoisotopic (exact) mass is 498 g/mol. The van der Waals surface area contributed by atoms with Crippen molar-refractivity contribution in [3.8, 4) is 5.88 Å². The van der Waals surface area contributed by atoms with Crippen LogP contribution in [0.4, 0.5) is 0 Å². The van der Waals surface area contributed by atoms with Crippen molar-refractivity contribution >= 4 is 29.9 Å². The van der Waals surface area contributed by atoms with Crippen LogP contribution in [0.25, 0.3) is 0 Å². The summed E-state index contributed by atoms with van der Waals surface area (Å²) in [6.45, 7) is 7.01. The second-order valence-electron chi connectivity index (χ2n) is 6.11. The van der Waals surface area contributed by atoms with Gasteiger partial charge in [0.05, 0.1) is 19.8 Å². The largest absolute Gasteiger partial charge is 0.481 e. The van der Waals surface area contributed by atoms with E-state index in [4.69, 9.17) is 9.47 Å². The van der Waals surface area contributed by atoms with Crippen LogP contribution >= 0.6 is 24.0 Å². The number of ether oxygens (including phenoxy) is 2. The van der Waals surface area contributed by atoms with Crippen LogP contribution < -0.4 is 15.4 Å². The standard InChI is InChI=1S/C21H30N4O2.HI/c1-4-22-21(25-16-18-11-13-23-20(15-18)26-3)24-12-8-14-27-17(2)19-9-6-5-7-10-19;/h5-7,9-11,13,15,17H,4,8,12,14,16H2,1-3H3,(H2,22,24,25);1H. The Hall–Kier alpha value is -1.87. The maximum Gasteiger partial charge on any atom is 0.213 e. The topological polar surface area (TPSA) is 67.8 Å². The van der Waals surface area contributed by atoms with Crippen LogP contribution in [0.5, 0.6) is 5.88 Å². The van der Waals surface area contributed by atoms with E-state index in [9.17, 15) is 0 Å². The van der Waals surface area contributed by atoms with E-state index in [1.807, 2.05) is 30.3 Å². The number of pyridine rings is 1. The lowest BCUT2D eigenvalue weighted by Gasteiger charge is -2.14. The Bertz CT molecular complexity index is 698. The summed E-state index contributed by atoms with van der Waals surface area (Å²) in [6, 6.07) is 14.1. The van der Waals surface area contributed by atoms with Gasteiger partial charge in [-0.1, -0.05) is 30.3 Å². The molecule has 1 aromatic carbocycles. The second kappa shape index (κ2) is 14.2. The lowest BCUT2D eigenvalue weighted by atomic mass is 10.1. The average molecular weight is 498 g/mol. The molecule has 0 aliphatic rings. The second-order valence-corrected chi connectivity index (χ2v) is 6.11. The highest BCUT2D eigenvalue weighted by Crippen LogP contribution is 2.15. The third kappa shape index (κ3) is 8.88. The first kappa shape index (κ1) is 24.2. The van der Waals surface area contributed by atoms with Gasteiger partial charge in [0.2, 0.25) is 5.88 Å². The summed E-state index contributed by atoms with van der Waals surface area (Å²) < 4.78 is 11.1. The van der Waals surface area contributed by atoms with Crippen LogP contribution in [0.3, 0.4) is 0 Å². The zero-order valence-electron chi connectivity index (χ0n) is 16.9. The van der Waals surface area contributed by atoms with E-state index < -0.39 is 0 Å². The molecule has 0 aliphatic carbocycles. The molecule has 1 unspecified atom stereocenters. The van der Waals surface area contributed by atoms with Crippen molar-refractivity contribution in [1.29, 1.82) is 0 Å². The fraction of sp³-hybridized carbons (Fsp3) is 0.429. The first-order valence-corrected chi connectivity index (χ1v) is 9.40. The van der Waals surface area contributed by atoms with Gasteiger partial charge in [-0.3, -0.25) is 0 Å². The summed E-state index contributed by atoms with van der Waals surface area (Å²) in [5.74, 6) is 1.40. The number of aliphatic imine (C=N–C) groups is 1. The minimum absolute atomic E-state index is 0. The molecule has 0 saturated heterocycles. The van der Waals surface area contributed by atoms with Crippen molar-refractivity contribution in [3.63, 3.8) is 0 Å². The number of benzene rings is 1. The molecule has 1 aromatic heterocycles. The highest BCUT2D eigenvalue weighted by Gasteiger charge is 2.04. The highest BCUT2D eigenvalue weighted by atomic mass is 127.